The first kappa shape index (κ1) is 22.2. The number of rotatable bonds is 8. The third-order valence-corrected chi connectivity index (χ3v) is 5.17. The van der Waals surface area contributed by atoms with Gasteiger partial charge in [-0.25, -0.2) is 0 Å². The van der Waals surface area contributed by atoms with E-state index in [1.54, 1.807) is 0 Å². The average molecular weight is 390 g/mol. The molecule has 0 aromatic heterocycles. The Labute approximate surface area is 169 Å². The molecular formula is C22H35N3O3. The number of aliphatic imine (C=N–C) groups is 1. The molecule has 1 aromatic carbocycles. The van der Waals surface area contributed by atoms with E-state index in [0.29, 0.717) is 13.0 Å². The Morgan fingerprint density at radius 1 is 1.29 bits per heavy atom. The first-order chi connectivity index (χ1) is 13.5. The van der Waals surface area contributed by atoms with Gasteiger partial charge in [0, 0.05) is 26.6 Å². The maximum atomic E-state index is 11.1. The van der Waals surface area contributed by atoms with Crippen molar-refractivity contribution in [1.29, 1.82) is 0 Å². The number of methoxy groups -OCH3 is 1. The highest BCUT2D eigenvalue weighted by Crippen LogP contribution is 2.25. The second kappa shape index (κ2) is 11.7. The van der Waals surface area contributed by atoms with Crippen LogP contribution in [0.4, 0.5) is 0 Å². The number of benzene rings is 1. The van der Waals surface area contributed by atoms with Crippen LogP contribution in [0, 0.1) is 13.8 Å². The van der Waals surface area contributed by atoms with E-state index in [2.05, 4.69) is 52.0 Å². The van der Waals surface area contributed by atoms with Crippen molar-refractivity contribution in [2.75, 3.05) is 40.4 Å². The predicted octanol–water partition coefficient (Wildman–Crippen LogP) is 3.38. The number of guanidine groups is 1. The van der Waals surface area contributed by atoms with E-state index in [0.717, 1.165) is 51.3 Å². The Morgan fingerprint density at radius 2 is 2.07 bits per heavy atom. The van der Waals surface area contributed by atoms with Crippen molar-refractivity contribution < 1.29 is 14.3 Å². The van der Waals surface area contributed by atoms with E-state index in [-0.39, 0.29) is 12.1 Å². The highest BCUT2D eigenvalue weighted by molar-refractivity contribution is 5.80. The number of aryl methyl sites for hydroxylation is 2. The molecule has 1 atom stereocenters. The van der Waals surface area contributed by atoms with Gasteiger partial charge in [-0.05, 0) is 37.8 Å². The number of carbonyl (C=O) groups is 1. The van der Waals surface area contributed by atoms with Crippen LogP contribution >= 0.6 is 0 Å². The molecule has 1 fully saturated rings. The summed E-state index contributed by atoms with van der Waals surface area (Å²) in [4.78, 5) is 17.8. The van der Waals surface area contributed by atoms with Crippen molar-refractivity contribution in [2.24, 2.45) is 4.99 Å². The van der Waals surface area contributed by atoms with Crippen molar-refractivity contribution in [3.05, 3.63) is 34.9 Å². The number of morpholine rings is 1. The van der Waals surface area contributed by atoms with Gasteiger partial charge >= 0.3 is 5.97 Å². The van der Waals surface area contributed by atoms with Gasteiger partial charge in [0.2, 0.25) is 0 Å². The van der Waals surface area contributed by atoms with Crippen LogP contribution < -0.4 is 5.32 Å². The van der Waals surface area contributed by atoms with Gasteiger partial charge in [-0.2, -0.15) is 0 Å². The zero-order chi connectivity index (χ0) is 20.4. The molecule has 0 spiro atoms. The molecule has 1 unspecified atom stereocenters. The fourth-order valence-electron chi connectivity index (χ4n) is 3.60. The first-order valence-corrected chi connectivity index (χ1v) is 10.3. The summed E-state index contributed by atoms with van der Waals surface area (Å²) in [7, 11) is 3.27. The monoisotopic (exact) mass is 389 g/mol. The second-order valence-electron chi connectivity index (χ2n) is 7.38. The molecule has 1 aliphatic rings. The van der Waals surface area contributed by atoms with Crippen LogP contribution in [0.2, 0.25) is 0 Å². The lowest BCUT2D eigenvalue weighted by atomic mass is 10.00. The Hall–Kier alpha value is -2.08. The van der Waals surface area contributed by atoms with Gasteiger partial charge in [0.15, 0.2) is 5.96 Å². The molecule has 0 saturated carbocycles. The third-order valence-electron chi connectivity index (χ3n) is 5.17. The maximum absolute atomic E-state index is 11.1. The van der Waals surface area contributed by atoms with E-state index >= 15 is 0 Å². The van der Waals surface area contributed by atoms with Crippen molar-refractivity contribution in [3.8, 4) is 0 Å². The summed E-state index contributed by atoms with van der Waals surface area (Å²) in [5.41, 5.74) is 3.82. The minimum atomic E-state index is -0.121. The van der Waals surface area contributed by atoms with Crippen LogP contribution in [-0.4, -0.2) is 57.2 Å². The van der Waals surface area contributed by atoms with E-state index in [4.69, 9.17) is 4.74 Å². The van der Waals surface area contributed by atoms with E-state index in [9.17, 15) is 4.79 Å². The van der Waals surface area contributed by atoms with Gasteiger partial charge in [0.25, 0.3) is 0 Å². The minimum absolute atomic E-state index is 0.0752. The van der Waals surface area contributed by atoms with Gasteiger partial charge in [0.05, 0.1) is 20.3 Å². The number of hydrogen-bond donors (Lipinski definition) is 1. The number of nitrogens with zero attached hydrogens (tertiary/aromatic N) is 2. The molecule has 0 bridgehead atoms. The van der Waals surface area contributed by atoms with Gasteiger partial charge in [-0.1, -0.05) is 36.6 Å². The van der Waals surface area contributed by atoms with Crippen LogP contribution in [0.15, 0.2) is 23.2 Å². The standard InChI is InChI=1S/C22H35N3O3/c1-17-10-11-19(18(2)15-17)20-16-25(13-14-28-20)22(23-3)24-12-8-6-5-7-9-21(26)27-4/h10-11,15,20H,5-9,12-14,16H2,1-4H3,(H,23,24). The van der Waals surface area contributed by atoms with Gasteiger partial charge in [-0.3, -0.25) is 9.79 Å². The highest BCUT2D eigenvalue weighted by Gasteiger charge is 2.25. The number of unbranched alkanes of at least 4 members (excludes halogenated alkanes) is 3. The summed E-state index contributed by atoms with van der Waals surface area (Å²) < 4.78 is 10.7. The second-order valence-corrected chi connectivity index (χ2v) is 7.38. The largest absolute Gasteiger partial charge is 0.469 e. The quantitative estimate of drug-likeness (QED) is 0.320. The molecule has 1 heterocycles. The molecule has 0 amide bonds. The number of nitrogens with one attached hydrogen (secondary N) is 1. The van der Waals surface area contributed by atoms with E-state index in [1.165, 1.54) is 23.8 Å². The summed E-state index contributed by atoms with van der Waals surface area (Å²) in [6, 6.07) is 6.55. The Bertz CT molecular complexity index is 660. The smallest absolute Gasteiger partial charge is 0.305 e. The Kier molecular flexibility index (Phi) is 9.28. The van der Waals surface area contributed by atoms with Crippen LogP contribution in [0.1, 0.15) is 54.9 Å². The zero-order valence-corrected chi connectivity index (χ0v) is 17.8. The lowest BCUT2D eigenvalue weighted by Crippen LogP contribution is -2.48. The van der Waals surface area contributed by atoms with Crippen molar-refractivity contribution in [2.45, 2.75) is 52.1 Å². The van der Waals surface area contributed by atoms with Crippen LogP contribution in [0.25, 0.3) is 0 Å². The van der Waals surface area contributed by atoms with E-state index < -0.39 is 0 Å². The molecule has 28 heavy (non-hydrogen) atoms. The molecule has 1 aliphatic heterocycles. The molecule has 1 saturated heterocycles. The highest BCUT2D eigenvalue weighted by atomic mass is 16.5. The van der Waals surface area contributed by atoms with E-state index in [1.807, 2.05) is 7.05 Å². The van der Waals surface area contributed by atoms with Gasteiger partial charge in [0.1, 0.15) is 6.10 Å². The maximum Gasteiger partial charge on any atom is 0.305 e. The number of carbonyl (C=O) groups excluding carboxylic acids is 1. The Morgan fingerprint density at radius 3 is 2.79 bits per heavy atom. The number of esters is 1. The van der Waals surface area contributed by atoms with Gasteiger partial charge in [-0.15, -0.1) is 0 Å². The fraction of sp³-hybridized carbons (Fsp3) is 0.636. The molecule has 1 N–H and O–H groups in total. The van der Waals surface area contributed by atoms with Gasteiger partial charge < -0.3 is 19.7 Å². The lowest BCUT2D eigenvalue weighted by molar-refractivity contribution is -0.140. The average Bonchev–Trinajstić information content (AvgIpc) is 2.70. The molecule has 6 heteroatoms. The van der Waals surface area contributed by atoms with Crippen LogP contribution in [-0.2, 0) is 14.3 Å². The molecule has 0 radical (unpaired) electrons. The number of hydrogen-bond acceptors (Lipinski definition) is 4. The zero-order valence-electron chi connectivity index (χ0n) is 17.8. The summed E-state index contributed by atoms with van der Waals surface area (Å²) in [5.74, 6) is 0.817. The molecule has 6 nitrogen and oxygen atoms in total. The molecule has 2 rings (SSSR count). The lowest BCUT2D eigenvalue weighted by Gasteiger charge is -2.36. The molecule has 156 valence electrons. The SMILES string of the molecule is CN=C(NCCCCCCC(=O)OC)N1CCOC(c2ccc(C)cc2C)C1. The van der Waals surface area contributed by atoms with Crippen LogP contribution in [0.3, 0.4) is 0 Å². The minimum Gasteiger partial charge on any atom is -0.469 e. The third kappa shape index (κ3) is 6.82. The fourth-order valence-corrected chi connectivity index (χ4v) is 3.60. The molecular weight excluding hydrogens is 354 g/mol. The molecule has 1 aromatic rings. The normalized spacial score (nSPS) is 17.5. The topological polar surface area (TPSA) is 63.2 Å². The van der Waals surface area contributed by atoms with Crippen molar-refractivity contribution in [1.82, 2.24) is 10.2 Å². The summed E-state index contributed by atoms with van der Waals surface area (Å²) in [6.45, 7) is 7.51. The number of ether oxygens (including phenoxy) is 2. The molecule has 0 aliphatic carbocycles. The van der Waals surface area contributed by atoms with Crippen molar-refractivity contribution in [3.63, 3.8) is 0 Å². The first-order valence-electron chi connectivity index (χ1n) is 10.3. The van der Waals surface area contributed by atoms with Crippen molar-refractivity contribution >= 4 is 11.9 Å². The Balaban J connectivity index is 1.76. The predicted molar refractivity (Wildman–Crippen MR) is 113 cm³/mol. The summed E-state index contributed by atoms with van der Waals surface area (Å²) in [5, 5.41) is 3.47. The van der Waals surface area contributed by atoms with Crippen LogP contribution in [0.5, 0.6) is 0 Å². The summed E-state index contributed by atoms with van der Waals surface area (Å²) in [6.07, 6.45) is 4.68. The summed E-state index contributed by atoms with van der Waals surface area (Å²) >= 11 is 0.